The Balaban J connectivity index is 2.05. The number of benzene rings is 2. The molecule has 0 aromatic heterocycles. The van der Waals surface area contributed by atoms with Gasteiger partial charge in [-0.05, 0) is 65.3 Å². The highest BCUT2D eigenvalue weighted by Gasteiger charge is 2.32. The summed E-state index contributed by atoms with van der Waals surface area (Å²) in [7, 11) is 0. The summed E-state index contributed by atoms with van der Waals surface area (Å²) >= 11 is 2.24. The van der Waals surface area contributed by atoms with E-state index in [0.717, 1.165) is 20.4 Å². The summed E-state index contributed by atoms with van der Waals surface area (Å²) in [5.41, 5.74) is 3.56. The molecule has 0 bridgehead atoms. The minimum absolute atomic E-state index is 0.0415. The van der Waals surface area contributed by atoms with Gasteiger partial charge in [0.2, 0.25) is 0 Å². The predicted molar refractivity (Wildman–Crippen MR) is 128 cm³/mol. The molecule has 0 radical (unpaired) electrons. The number of rotatable bonds is 8. The second-order valence-corrected chi connectivity index (χ2v) is 8.41. The number of fused-ring (bicyclic) bond motifs is 1. The van der Waals surface area contributed by atoms with Crippen molar-refractivity contribution >= 4 is 45.8 Å². The zero-order chi connectivity index (χ0) is 21.0. The Morgan fingerprint density at radius 3 is 2.66 bits per heavy atom. The van der Waals surface area contributed by atoms with Crippen molar-refractivity contribution in [1.29, 1.82) is 0 Å². The standard InChI is InChI=1S/C24H26INO3/c1-5-11-29-23-20(25)13-17(14-22(23)28-6-2)12-19-18-9-7-8-10-21(18)26(24(19)27)15-16(3)4/h5,7-10,12-14,16H,1,6,11,15H2,2-4H3/b19-12-. The molecule has 2 aromatic carbocycles. The Labute approximate surface area is 186 Å². The summed E-state index contributed by atoms with van der Waals surface area (Å²) in [6, 6.07) is 11.9. The van der Waals surface area contributed by atoms with Gasteiger partial charge in [-0.15, -0.1) is 0 Å². The zero-order valence-electron chi connectivity index (χ0n) is 17.1. The van der Waals surface area contributed by atoms with Crippen molar-refractivity contribution in [2.24, 2.45) is 5.92 Å². The topological polar surface area (TPSA) is 38.8 Å². The smallest absolute Gasteiger partial charge is 0.259 e. The van der Waals surface area contributed by atoms with E-state index in [9.17, 15) is 4.79 Å². The fourth-order valence-electron chi connectivity index (χ4n) is 3.38. The molecule has 152 valence electrons. The van der Waals surface area contributed by atoms with Gasteiger partial charge in [-0.1, -0.05) is 44.7 Å². The molecule has 5 heteroatoms. The van der Waals surface area contributed by atoms with E-state index < -0.39 is 0 Å². The Bertz CT molecular complexity index is 949. The van der Waals surface area contributed by atoms with Gasteiger partial charge in [0.15, 0.2) is 11.5 Å². The number of carbonyl (C=O) groups is 1. The Morgan fingerprint density at radius 1 is 1.21 bits per heavy atom. The quantitative estimate of drug-likeness (QED) is 0.260. The number of halogens is 1. The highest BCUT2D eigenvalue weighted by molar-refractivity contribution is 14.1. The van der Waals surface area contributed by atoms with Crippen molar-refractivity contribution in [3.05, 3.63) is 63.8 Å². The molecule has 1 aliphatic rings. The number of nitrogens with zero attached hydrogens (tertiary/aromatic N) is 1. The summed E-state index contributed by atoms with van der Waals surface area (Å²) in [5, 5.41) is 0. The van der Waals surface area contributed by atoms with Crippen LogP contribution in [0.4, 0.5) is 5.69 Å². The van der Waals surface area contributed by atoms with Gasteiger partial charge < -0.3 is 14.4 Å². The maximum Gasteiger partial charge on any atom is 0.259 e. The normalized spacial score (nSPS) is 14.4. The molecule has 1 amide bonds. The van der Waals surface area contributed by atoms with Crippen molar-refractivity contribution in [2.45, 2.75) is 20.8 Å². The van der Waals surface area contributed by atoms with Gasteiger partial charge in [0, 0.05) is 17.7 Å². The Morgan fingerprint density at radius 2 is 1.97 bits per heavy atom. The van der Waals surface area contributed by atoms with Gasteiger partial charge >= 0.3 is 0 Å². The molecule has 0 spiro atoms. The highest BCUT2D eigenvalue weighted by atomic mass is 127. The lowest BCUT2D eigenvalue weighted by Crippen LogP contribution is -2.30. The SMILES string of the molecule is C=CCOc1c(I)cc(/C=C2\C(=O)N(CC(C)C)c3ccccc32)cc1OCC. The molecule has 3 rings (SSSR count). The van der Waals surface area contributed by atoms with Gasteiger partial charge in [0.05, 0.1) is 15.9 Å². The predicted octanol–water partition coefficient (Wildman–Crippen LogP) is 5.80. The van der Waals surface area contributed by atoms with E-state index in [-0.39, 0.29) is 5.91 Å². The molecule has 4 nitrogen and oxygen atoms in total. The van der Waals surface area contributed by atoms with Crippen LogP contribution in [0.15, 0.2) is 49.1 Å². The van der Waals surface area contributed by atoms with Crippen LogP contribution in [-0.2, 0) is 4.79 Å². The van der Waals surface area contributed by atoms with Crippen LogP contribution in [0.2, 0.25) is 0 Å². The average Bonchev–Trinajstić information content (AvgIpc) is 2.93. The molecule has 0 saturated heterocycles. The van der Waals surface area contributed by atoms with Crippen LogP contribution in [0, 0.1) is 9.49 Å². The van der Waals surface area contributed by atoms with Gasteiger partial charge in [0.1, 0.15) is 6.61 Å². The first-order valence-corrected chi connectivity index (χ1v) is 10.9. The molecule has 0 N–H and O–H groups in total. The van der Waals surface area contributed by atoms with E-state index in [1.54, 1.807) is 6.08 Å². The second kappa shape index (κ2) is 9.48. The van der Waals surface area contributed by atoms with Crippen molar-refractivity contribution in [2.75, 3.05) is 24.7 Å². The van der Waals surface area contributed by atoms with Crippen molar-refractivity contribution < 1.29 is 14.3 Å². The first-order valence-electron chi connectivity index (χ1n) is 9.79. The van der Waals surface area contributed by atoms with E-state index in [0.29, 0.717) is 42.7 Å². The lowest BCUT2D eigenvalue weighted by Gasteiger charge is -2.19. The molecule has 0 saturated carbocycles. The number of ether oxygens (including phenoxy) is 2. The Kier molecular flexibility index (Phi) is 7.00. The molecular weight excluding hydrogens is 477 g/mol. The molecule has 29 heavy (non-hydrogen) atoms. The second-order valence-electron chi connectivity index (χ2n) is 7.25. The monoisotopic (exact) mass is 503 g/mol. The lowest BCUT2D eigenvalue weighted by molar-refractivity contribution is -0.113. The fourth-order valence-corrected chi connectivity index (χ4v) is 4.16. The zero-order valence-corrected chi connectivity index (χ0v) is 19.2. The lowest BCUT2D eigenvalue weighted by atomic mass is 10.0. The minimum Gasteiger partial charge on any atom is -0.490 e. The molecule has 2 aromatic rings. The van der Waals surface area contributed by atoms with Crippen LogP contribution in [0.5, 0.6) is 11.5 Å². The number of para-hydroxylation sites is 1. The maximum atomic E-state index is 13.2. The summed E-state index contributed by atoms with van der Waals surface area (Å²) in [6.45, 7) is 11.5. The number of amides is 1. The molecule has 0 unspecified atom stereocenters. The van der Waals surface area contributed by atoms with Gasteiger partial charge in [-0.3, -0.25) is 4.79 Å². The van der Waals surface area contributed by atoms with E-state index >= 15 is 0 Å². The summed E-state index contributed by atoms with van der Waals surface area (Å²) in [4.78, 5) is 15.1. The van der Waals surface area contributed by atoms with Crippen LogP contribution in [-0.4, -0.2) is 25.7 Å². The first kappa shape index (κ1) is 21.4. The molecule has 0 fully saturated rings. The third-order valence-electron chi connectivity index (χ3n) is 4.50. The van der Waals surface area contributed by atoms with Crippen LogP contribution in [0.25, 0.3) is 11.6 Å². The van der Waals surface area contributed by atoms with E-state index in [1.807, 2.05) is 54.3 Å². The third-order valence-corrected chi connectivity index (χ3v) is 5.30. The minimum atomic E-state index is 0.0415. The Hall–Kier alpha value is -2.28. The van der Waals surface area contributed by atoms with Crippen molar-refractivity contribution in [1.82, 2.24) is 0 Å². The summed E-state index contributed by atoms with van der Waals surface area (Å²) in [5.74, 6) is 1.80. The number of carbonyl (C=O) groups excluding carboxylic acids is 1. The van der Waals surface area contributed by atoms with Crippen LogP contribution < -0.4 is 14.4 Å². The van der Waals surface area contributed by atoms with E-state index in [4.69, 9.17) is 9.47 Å². The van der Waals surface area contributed by atoms with Gasteiger partial charge in [-0.2, -0.15) is 0 Å². The molecule has 0 aliphatic carbocycles. The van der Waals surface area contributed by atoms with E-state index in [2.05, 4.69) is 43.0 Å². The summed E-state index contributed by atoms with van der Waals surface area (Å²) in [6.07, 6.45) is 3.66. The van der Waals surface area contributed by atoms with Crippen LogP contribution in [0.1, 0.15) is 31.9 Å². The largest absolute Gasteiger partial charge is 0.490 e. The molecule has 1 heterocycles. The third kappa shape index (κ3) is 4.66. The number of hydrogen-bond acceptors (Lipinski definition) is 3. The molecule has 1 aliphatic heterocycles. The van der Waals surface area contributed by atoms with E-state index in [1.165, 1.54) is 0 Å². The number of anilines is 1. The van der Waals surface area contributed by atoms with Crippen molar-refractivity contribution in [3.63, 3.8) is 0 Å². The average molecular weight is 503 g/mol. The number of hydrogen-bond donors (Lipinski definition) is 0. The molecular formula is C24H26INO3. The van der Waals surface area contributed by atoms with Crippen LogP contribution in [0.3, 0.4) is 0 Å². The van der Waals surface area contributed by atoms with Crippen molar-refractivity contribution in [3.8, 4) is 11.5 Å². The van der Waals surface area contributed by atoms with Crippen LogP contribution >= 0.6 is 22.6 Å². The van der Waals surface area contributed by atoms with Gasteiger partial charge in [0.25, 0.3) is 5.91 Å². The first-order chi connectivity index (χ1) is 14.0. The molecule has 0 atom stereocenters. The van der Waals surface area contributed by atoms with Gasteiger partial charge in [-0.25, -0.2) is 0 Å². The summed E-state index contributed by atoms with van der Waals surface area (Å²) < 4.78 is 12.5. The highest BCUT2D eigenvalue weighted by Crippen LogP contribution is 2.40. The fraction of sp³-hybridized carbons (Fsp3) is 0.292. The maximum absolute atomic E-state index is 13.2.